The zero-order chi connectivity index (χ0) is 24.4. The van der Waals surface area contributed by atoms with Crippen molar-refractivity contribution in [2.45, 2.75) is 64.5 Å². The molecule has 0 bridgehead atoms. The summed E-state index contributed by atoms with van der Waals surface area (Å²) in [4.78, 5) is 38.1. The molecule has 5 rings (SSSR count). The molecule has 0 N–H and O–H groups in total. The van der Waals surface area contributed by atoms with Gasteiger partial charge >= 0.3 is 5.97 Å². The number of fused-ring (bicyclic) bond motifs is 1. The fourth-order valence-corrected chi connectivity index (χ4v) is 5.72. The minimum absolute atomic E-state index is 0.0603. The molecule has 8 heteroatoms. The number of amides is 1. The Morgan fingerprint density at radius 2 is 2.06 bits per heavy atom. The van der Waals surface area contributed by atoms with E-state index in [1.165, 1.54) is 6.42 Å². The van der Waals surface area contributed by atoms with Crippen LogP contribution < -0.4 is 9.64 Å². The molecule has 1 fully saturated rings. The highest BCUT2D eigenvalue weighted by atomic mass is 32.1. The van der Waals surface area contributed by atoms with E-state index in [-0.39, 0.29) is 24.6 Å². The molecule has 0 radical (unpaired) electrons. The molecule has 7 nitrogen and oxygen atoms in total. The first kappa shape index (κ1) is 23.5. The number of hydrogen-bond acceptors (Lipinski definition) is 7. The maximum Gasteiger partial charge on any atom is 0.329 e. The lowest BCUT2D eigenvalue weighted by molar-refractivity contribution is -0.153. The van der Waals surface area contributed by atoms with Gasteiger partial charge in [-0.05, 0) is 69.4 Å². The first-order chi connectivity index (χ1) is 17.0. The number of rotatable bonds is 6. The van der Waals surface area contributed by atoms with Crippen molar-refractivity contribution in [2.24, 2.45) is 0 Å². The Morgan fingerprint density at radius 3 is 2.80 bits per heavy atom. The predicted octanol–water partition coefficient (Wildman–Crippen LogP) is 5.56. The summed E-state index contributed by atoms with van der Waals surface area (Å²) in [6.07, 6.45) is 7.26. The summed E-state index contributed by atoms with van der Waals surface area (Å²) < 4.78 is 11.6. The standard InChI is InChI=1S/C27H29N3O4S/c1-3-21(27(32)34-19-9-5-4-6-10-19)30-22-15-18(12-13-23(22)33-16-24(30)31)25-17(2)35-26(29-25)20-11-7-8-14-28-20/h7-8,11-15,19,21H,3-6,9-10,16H2,1-2H3. The summed E-state index contributed by atoms with van der Waals surface area (Å²) in [5.41, 5.74) is 3.09. The molecule has 0 saturated heterocycles. The van der Waals surface area contributed by atoms with Crippen molar-refractivity contribution in [1.29, 1.82) is 0 Å². The van der Waals surface area contributed by atoms with Crippen LogP contribution in [0.1, 0.15) is 50.3 Å². The van der Waals surface area contributed by atoms with Crippen LogP contribution in [0.3, 0.4) is 0 Å². The molecule has 2 aliphatic rings. The molecule has 35 heavy (non-hydrogen) atoms. The number of aryl methyl sites for hydroxylation is 1. The van der Waals surface area contributed by atoms with Crippen molar-refractivity contribution in [1.82, 2.24) is 9.97 Å². The quantitative estimate of drug-likeness (QED) is 0.420. The van der Waals surface area contributed by atoms with Crippen LogP contribution in [0.2, 0.25) is 0 Å². The number of ether oxygens (including phenoxy) is 2. The molecule has 1 amide bonds. The van der Waals surface area contributed by atoms with Crippen LogP contribution in [-0.4, -0.2) is 40.6 Å². The molecular formula is C27H29N3O4S. The molecule has 1 aromatic carbocycles. The second-order valence-electron chi connectivity index (χ2n) is 8.99. The Hall–Kier alpha value is -3.26. The summed E-state index contributed by atoms with van der Waals surface area (Å²) in [7, 11) is 0. The number of thiazole rings is 1. The monoisotopic (exact) mass is 491 g/mol. The molecule has 3 aromatic rings. The highest BCUT2D eigenvalue weighted by Gasteiger charge is 2.37. The van der Waals surface area contributed by atoms with Gasteiger partial charge in [0.15, 0.2) is 6.61 Å². The fourth-order valence-electron chi connectivity index (χ4n) is 4.80. The maximum atomic E-state index is 13.2. The van der Waals surface area contributed by atoms with E-state index in [2.05, 4.69) is 4.98 Å². The minimum atomic E-state index is -0.692. The van der Waals surface area contributed by atoms with Gasteiger partial charge in [0, 0.05) is 16.6 Å². The van der Waals surface area contributed by atoms with Crippen molar-refractivity contribution < 1.29 is 19.1 Å². The zero-order valence-corrected chi connectivity index (χ0v) is 20.8. The molecule has 3 heterocycles. The average Bonchev–Trinajstić information content (AvgIpc) is 3.28. The number of esters is 1. The number of carbonyl (C=O) groups is 2. The lowest BCUT2D eigenvalue weighted by atomic mass is 9.97. The van der Waals surface area contributed by atoms with Gasteiger partial charge < -0.3 is 9.47 Å². The zero-order valence-electron chi connectivity index (χ0n) is 20.0. The summed E-state index contributed by atoms with van der Waals surface area (Å²) in [5.74, 6) is -0.00496. The van der Waals surface area contributed by atoms with Crippen molar-refractivity contribution in [2.75, 3.05) is 11.5 Å². The van der Waals surface area contributed by atoms with Gasteiger partial charge in [0.25, 0.3) is 5.91 Å². The summed E-state index contributed by atoms with van der Waals surface area (Å²) in [6, 6.07) is 10.8. The molecule has 0 spiro atoms. The van der Waals surface area contributed by atoms with Crippen molar-refractivity contribution in [3.63, 3.8) is 0 Å². The van der Waals surface area contributed by atoms with Gasteiger partial charge in [0.05, 0.1) is 17.1 Å². The first-order valence-corrected chi connectivity index (χ1v) is 13.1. The number of anilines is 1. The molecule has 1 aliphatic carbocycles. The predicted molar refractivity (Wildman–Crippen MR) is 136 cm³/mol. The van der Waals surface area contributed by atoms with Gasteiger partial charge in [0.1, 0.15) is 22.9 Å². The van der Waals surface area contributed by atoms with Crippen LogP contribution in [-0.2, 0) is 14.3 Å². The second-order valence-corrected chi connectivity index (χ2v) is 10.2. The van der Waals surface area contributed by atoms with Gasteiger partial charge in [-0.15, -0.1) is 11.3 Å². The smallest absolute Gasteiger partial charge is 0.329 e. The van der Waals surface area contributed by atoms with Crippen LogP contribution >= 0.6 is 11.3 Å². The molecule has 182 valence electrons. The highest BCUT2D eigenvalue weighted by Crippen LogP contribution is 2.40. The maximum absolute atomic E-state index is 13.2. The largest absolute Gasteiger partial charge is 0.482 e. The number of benzene rings is 1. The number of hydrogen-bond donors (Lipinski definition) is 0. The Bertz CT molecular complexity index is 1220. The van der Waals surface area contributed by atoms with Crippen LogP contribution in [0, 0.1) is 6.92 Å². The summed E-state index contributed by atoms with van der Waals surface area (Å²) >= 11 is 1.58. The molecular weight excluding hydrogens is 462 g/mol. The highest BCUT2D eigenvalue weighted by molar-refractivity contribution is 7.15. The van der Waals surface area contributed by atoms with Crippen LogP contribution in [0.4, 0.5) is 5.69 Å². The van der Waals surface area contributed by atoms with E-state index in [1.54, 1.807) is 22.4 Å². The van der Waals surface area contributed by atoms with Crippen LogP contribution in [0.15, 0.2) is 42.6 Å². The lowest BCUT2D eigenvalue weighted by Gasteiger charge is -2.35. The fraction of sp³-hybridized carbons (Fsp3) is 0.407. The van der Waals surface area contributed by atoms with Gasteiger partial charge in [-0.25, -0.2) is 9.78 Å². The van der Waals surface area contributed by atoms with E-state index in [1.807, 2.05) is 50.2 Å². The Morgan fingerprint density at radius 1 is 1.23 bits per heavy atom. The third kappa shape index (κ3) is 4.80. The number of carbonyl (C=O) groups excluding carboxylic acids is 2. The van der Waals surface area contributed by atoms with E-state index < -0.39 is 6.04 Å². The van der Waals surface area contributed by atoms with E-state index in [0.717, 1.165) is 52.5 Å². The third-order valence-electron chi connectivity index (χ3n) is 6.60. The van der Waals surface area contributed by atoms with Gasteiger partial charge in [-0.2, -0.15) is 0 Å². The molecule has 1 atom stereocenters. The molecule has 2 aromatic heterocycles. The minimum Gasteiger partial charge on any atom is -0.482 e. The van der Waals surface area contributed by atoms with Crippen LogP contribution in [0.25, 0.3) is 22.0 Å². The Balaban J connectivity index is 1.47. The van der Waals surface area contributed by atoms with Crippen LogP contribution in [0.5, 0.6) is 5.75 Å². The summed E-state index contributed by atoms with van der Waals surface area (Å²) in [6.45, 7) is 3.83. The SMILES string of the molecule is CCC(C(=O)OC1CCCCC1)N1C(=O)COc2ccc(-c3nc(-c4ccccn4)sc3C)cc21. The van der Waals surface area contributed by atoms with Gasteiger partial charge in [-0.3, -0.25) is 14.7 Å². The van der Waals surface area contributed by atoms with E-state index >= 15 is 0 Å². The number of nitrogens with zero attached hydrogens (tertiary/aromatic N) is 3. The van der Waals surface area contributed by atoms with Gasteiger partial charge in [0.2, 0.25) is 0 Å². The number of aromatic nitrogens is 2. The first-order valence-electron chi connectivity index (χ1n) is 12.2. The number of pyridine rings is 1. The van der Waals surface area contributed by atoms with E-state index in [9.17, 15) is 9.59 Å². The van der Waals surface area contributed by atoms with E-state index in [0.29, 0.717) is 17.9 Å². The lowest BCUT2D eigenvalue weighted by Crippen LogP contribution is -2.50. The van der Waals surface area contributed by atoms with Crippen molar-refractivity contribution >= 4 is 28.9 Å². The molecule has 1 unspecified atom stereocenters. The van der Waals surface area contributed by atoms with Crippen molar-refractivity contribution in [3.8, 4) is 27.7 Å². The van der Waals surface area contributed by atoms with Gasteiger partial charge in [-0.1, -0.05) is 19.4 Å². The molecule has 1 saturated carbocycles. The molecule has 1 aliphatic heterocycles. The normalized spacial score (nSPS) is 17.0. The summed E-state index contributed by atoms with van der Waals surface area (Å²) in [5, 5.41) is 0.836. The Labute approximate surface area is 209 Å². The topological polar surface area (TPSA) is 81.6 Å². The Kier molecular flexibility index (Phi) is 6.81. The third-order valence-corrected chi connectivity index (χ3v) is 7.59. The van der Waals surface area contributed by atoms with E-state index in [4.69, 9.17) is 14.5 Å². The average molecular weight is 492 g/mol. The second kappa shape index (κ2) is 10.2. The van der Waals surface area contributed by atoms with Crippen molar-refractivity contribution in [3.05, 3.63) is 47.5 Å².